The predicted molar refractivity (Wildman–Crippen MR) is 63.4 cm³/mol. The molecule has 1 rings (SSSR count). The SMILES string of the molecule is CCCn1cncc1C(O)C(C(=O)O)C(C)C. The summed E-state index contributed by atoms with van der Waals surface area (Å²) in [5, 5.41) is 19.3. The molecule has 0 aliphatic carbocycles. The maximum atomic E-state index is 11.2. The van der Waals surface area contributed by atoms with Gasteiger partial charge >= 0.3 is 5.97 Å². The van der Waals surface area contributed by atoms with Crippen molar-refractivity contribution >= 4 is 5.97 Å². The molecule has 17 heavy (non-hydrogen) atoms. The lowest BCUT2D eigenvalue weighted by Crippen LogP contribution is -2.28. The average Bonchev–Trinajstić information content (AvgIpc) is 2.65. The van der Waals surface area contributed by atoms with E-state index in [1.165, 1.54) is 0 Å². The number of carboxylic acid groups (broad SMARTS) is 1. The molecule has 2 N–H and O–H groups in total. The fourth-order valence-electron chi connectivity index (χ4n) is 1.97. The number of aryl methyl sites for hydroxylation is 1. The van der Waals surface area contributed by atoms with Crippen molar-refractivity contribution in [2.24, 2.45) is 11.8 Å². The first-order valence-corrected chi connectivity index (χ1v) is 5.89. The van der Waals surface area contributed by atoms with Gasteiger partial charge in [0.25, 0.3) is 0 Å². The van der Waals surface area contributed by atoms with Crippen molar-refractivity contribution in [2.75, 3.05) is 0 Å². The molecule has 0 amide bonds. The van der Waals surface area contributed by atoms with E-state index in [-0.39, 0.29) is 5.92 Å². The number of hydrogen-bond acceptors (Lipinski definition) is 3. The molecular weight excluding hydrogens is 220 g/mol. The van der Waals surface area contributed by atoms with E-state index in [0.29, 0.717) is 5.69 Å². The molecule has 0 saturated heterocycles. The number of hydrogen-bond donors (Lipinski definition) is 2. The lowest BCUT2D eigenvalue weighted by Gasteiger charge is -2.23. The van der Waals surface area contributed by atoms with Gasteiger partial charge in [-0.25, -0.2) is 4.98 Å². The Morgan fingerprint density at radius 2 is 2.18 bits per heavy atom. The Morgan fingerprint density at radius 3 is 2.65 bits per heavy atom. The summed E-state index contributed by atoms with van der Waals surface area (Å²) in [4.78, 5) is 15.1. The lowest BCUT2D eigenvalue weighted by molar-refractivity contribution is -0.148. The summed E-state index contributed by atoms with van der Waals surface area (Å²) in [5.74, 6) is -1.91. The van der Waals surface area contributed by atoms with E-state index in [4.69, 9.17) is 5.11 Å². The zero-order valence-corrected chi connectivity index (χ0v) is 10.5. The van der Waals surface area contributed by atoms with E-state index in [1.807, 2.05) is 11.5 Å². The van der Waals surface area contributed by atoms with Crippen LogP contribution in [0.15, 0.2) is 12.5 Å². The van der Waals surface area contributed by atoms with Crippen LogP contribution in [0.4, 0.5) is 0 Å². The van der Waals surface area contributed by atoms with Crippen LogP contribution in [-0.4, -0.2) is 25.7 Å². The molecule has 0 fully saturated rings. The van der Waals surface area contributed by atoms with Gasteiger partial charge in [-0.15, -0.1) is 0 Å². The van der Waals surface area contributed by atoms with E-state index in [9.17, 15) is 9.90 Å². The summed E-state index contributed by atoms with van der Waals surface area (Å²) in [6, 6.07) is 0. The quantitative estimate of drug-likeness (QED) is 0.793. The van der Waals surface area contributed by atoms with Crippen molar-refractivity contribution in [3.63, 3.8) is 0 Å². The molecule has 5 heteroatoms. The Kier molecular flexibility index (Phi) is 4.69. The Balaban J connectivity index is 2.96. The third kappa shape index (κ3) is 3.06. The molecule has 1 heterocycles. The monoisotopic (exact) mass is 240 g/mol. The molecule has 0 spiro atoms. The molecule has 0 saturated carbocycles. The summed E-state index contributed by atoms with van der Waals surface area (Å²) < 4.78 is 1.81. The number of nitrogens with zero attached hydrogens (tertiary/aromatic N) is 2. The van der Waals surface area contributed by atoms with Gasteiger partial charge in [-0.2, -0.15) is 0 Å². The molecule has 1 aromatic heterocycles. The Hall–Kier alpha value is -1.36. The van der Waals surface area contributed by atoms with Crippen LogP contribution in [0, 0.1) is 11.8 Å². The summed E-state index contributed by atoms with van der Waals surface area (Å²) in [5.41, 5.74) is 0.577. The highest BCUT2D eigenvalue weighted by atomic mass is 16.4. The fourth-order valence-corrected chi connectivity index (χ4v) is 1.97. The highest BCUT2D eigenvalue weighted by molar-refractivity contribution is 5.71. The lowest BCUT2D eigenvalue weighted by atomic mass is 9.89. The molecule has 2 unspecified atom stereocenters. The van der Waals surface area contributed by atoms with Gasteiger partial charge < -0.3 is 14.8 Å². The van der Waals surface area contributed by atoms with Gasteiger partial charge in [0.15, 0.2) is 0 Å². The maximum absolute atomic E-state index is 11.2. The van der Waals surface area contributed by atoms with Gasteiger partial charge in [-0.3, -0.25) is 4.79 Å². The predicted octanol–water partition coefficient (Wildman–Crippen LogP) is 1.68. The molecule has 0 aliphatic rings. The topological polar surface area (TPSA) is 75.3 Å². The highest BCUT2D eigenvalue weighted by Crippen LogP contribution is 2.28. The second-order valence-electron chi connectivity index (χ2n) is 4.56. The smallest absolute Gasteiger partial charge is 0.309 e. The molecule has 0 aliphatic heterocycles. The number of carboxylic acids is 1. The van der Waals surface area contributed by atoms with Gasteiger partial charge in [-0.05, 0) is 12.3 Å². The van der Waals surface area contributed by atoms with Crippen molar-refractivity contribution in [3.05, 3.63) is 18.2 Å². The number of aromatic nitrogens is 2. The first-order chi connectivity index (χ1) is 7.99. The maximum Gasteiger partial charge on any atom is 0.309 e. The van der Waals surface area contributed by atoms with Crippen molar-refractivity contribution < 1.29 is 15.0 Å². The summed E-state index contributed by atoms with van der Waals surface area (Å²) in [6.45, 7) is 6.34. The number of imidazole rings is 1. The molecule has 1 aromatic rings. The van der Waals surface area contributed by atoms with Crippen molar-refractivity contribution in [2.45, 2.75) is 39.8 Å². The van der Waals surface area contributed by atoms with Crippen LogP contribution in [0.1, 0.15) is 39.0 Å². The van der Waals surface area contributed by atoms with Gasteiger partial charge in [0.05, 0.1) is 24.1 Å². The van der Waals surface area contributed by atoms with Gasteiger partial charge in [-0.1, -0.05) is 20.8 Å². The Bertz CT molecular complexity index is 374. The zero-order valence-electron chi connectivity index (χ0n) is 10.5. The first kappa shape index (κ1) is 13.7. The minimum atomic E-state index is -1.01. The van der Waals surface area contributed by atoms with E-state index < -0.39 is 18.0 Å². The van der Waals surface area contributed by atoms with Crippen LogP contribution in [0.2, 0.25) is 0 Å². The van der Waals surface area contributed by atoms with Crippen LogP contribution in [0.5, 0.6) is 0 Å². The molecule has 0 aromatic carbocycles. The first-order valence-electron chi connectivity index (χ1n) is 5.89. The van der Waals surface area contributed by atoms with E-state index in [1.54, 1.807) is 26.4 Å². The number of aliphatic hydroxyl groups is 1. The minimum Gasteiger partial charge on any atom is -0.481 e. The molecule has 2 atom stereocenters. The van der Waals surface area contributed by atoms with Crippen molar-refractivity contribution in [1.82, 2.24) is 9.55 Å². The number of carbonyl (C=O) groups is 1. The number of aliphatic hydroxyl groups excluding tert-OH is 1. The molecular formula is C12H20N2O3. The third-order valence-corrected chi connectivity index (χ3v) is 2.86. The fraction of sp³-hybridized carbons (Fsp3) is 0.667. The molecule has 5 nitrogen and oxygen atoms in total. The van der Waals surface area contributed by atoms with E-state index >= 15 is 0 Å². The highest BCUT2D eigenvalue weighted by Gasteiger charge is 2.32. The second-order valence-corrected chi connectivity index (χ2v) is 4.56. The zero-order chi connectivity index (χ0) is 13.0. The van der Waals surface area contributed by atoms with Crippen LogP contribution >= 0.6 is 0 Å². The van der Waals surface area contributed by atoms with Crippen molar-refractivity contribution in [1.29, 1.82) is 0 Å². The van der Waals surface area contributed by atoms with Gasteiger partial charge in [0.2, 0.25) is 0 Å². The molecule has 0 radical (unpaired) electrons. The Morgan fingerprint density at radius 1 is 1.53 bits per heavy atom. The summed E-state index contributed by atoms with van der Waals surface area (Å²) in [6.07, 6.45) is 3.07. The van der Waals surface area contributed by atoms with Crippen LogP contribution in [0.25, 0.3) is 0 Å². The standard InChI is InChI=1S/C12H20N2O3/c1-4-5-14-7-13-6-9(14)11(15)10(8(2)3)12(16)17/h6-8,10-11,15H,4-5H2,1-3H3,(H,16,17). The van der Waals surface area contributed by atoms with Crippen LogP contribution in [-0.2, 0) is 11.3 Å². The second kappa shape index (κ2) is 5.82. The van der Waals surface area contributed by atoms with Gasteiger partial charge in [0, 0.05) is 6.54 Å². The van der Waals surface area contributed by atoms with Gasteiger partial charge in [0.1, 0.15) is 6.10 Å². The largest absolute Gasteiger partial charge is 0.481 e. The minimum absolute atomic E-state index is 0.132. The van der Waals surface area contributed by atoms with Crippen molar-refractivity contribution in [3.8, 4) is 0 Å². The summed E-state index contributed by atoms with van der Waals surface area (Å²) in [7, 11) is 0. The van der Waals surface area contributed by atoms with Crippen LogP contribution < -0.4 is 0 Å². The number of aliphatic carboxylic acids is 1. The summed E-state index contributed by atoms with van der Waals surface area (Å²) >= 11 is 0. The normalized spacial score (nSPS) is 14.9. The average molecular weight is 240 g/mol. The van der Waals surface area contributed by atoms with E-state index in [0.717, 1.165) is 13.0 Å². The molecule has 96 valence electrons. The Labute approximate surface area is 101 Å². The van der Waals surface area contributed by atoms with E-state index in [2.05, 4.69) is 4.98 Å². The van der Waals surface area contributed by atoms with Crippen LogP contribution in [0.3, 0.4) is 0 Å². The number of rotatable bonds is 6. The molecule has 0 bridgehead atoms. The third-order valence-electron chi connectivity index (χ3n) is 2.86.